The SMILES string of the molecule is CCOC(CC)C(=O)N(C)CC(O)CN(C)C(=O)c1cccn2nccc12. The van der Waals surface area contributed by atoms with Crippen molar-refractivity contribution in [3.63, 3.8) is 0 Å². The quantitative estimate of drug-likeness (QED) is 0.707. The molecule has 0 saturated heterocycles. The van der Waals surface area contributed by atoms with E-state index in [-0.39, 0.29) is 24.9 Å². The first kappa shape index (κ1) is 20.9. The first-order chi connectivity index (χ1) is 12.9. The van der Waals surface area contributed by atoms with E-state index in [1.54, 1.807) is 49.2 Å². The minimum absolute atomic E-state index is 0.108. The number of ether oxygens (including phenoxy) is 1. The van der Waals surface area contributed by atoms with E-state index < -0.39 is 12.2 Å². The summed E-state index contributed by atoms with van der Waals surface area (Å²) in [6.45, 7) is 4.41. The maximum Gasteiger partial charge on any atom is 0.255 e. The normalized spacial score (nSPS) is 13.4. The Morgan fingerprint density at radius 3 is 2.59 bits per heavy atom. The second-order valence-corrected chi connectivity index (χ2v) is 6.49. The van der Waals surface area contributed by atoms with Crippen molar-refractivity contribution in [2.45, 2.75) is 32.5 Å². The number of aliphatic hydroxyl groups excluding tert-OH is 1. The van der Waals surface area contributed by atoms with Crippen LogP contribution in [-0.4, -0.2) is 82.3 Å². The van der Waals surface area contributed by atoms with Crippen molar-refractivity contribution in [2.75, 3.05) is 33.8 Å². The van der Waals surface area contributed by atoms with Crippen molar-refractivity contribution in [1.82, 2.24) is 19.4 Å². The number of amides is 2. The van der Waals surface area contributed by atoms with E-state index in [9.17, 15) is 14.7 Å². The van der Waals surface area contributed by atoms with E-state index >= 15 is 0 Å². The number of carbonyl (C=O) groups excluding carboxylic acids is 2. The van der Waals surface area contributed by atoms with E-state index in [0.29, 0.717) is 24.1 Å². The molecule has 0 bridgehead atoms. The summed E-state index contributed by atoms with van der Waals surface area (Å²) in [4.78, 5) is 28.0. The van der Waals surface area contributed by atoms with Gasteiger partial charge in [0.25, 0.3) is 11.8 Å². The first-order valence-electron chi connectivity index (χ1n) is 9.11. The fraction of sp³-hybridized carbons (Fsp3) is 0.526. The average molecular weight is 376 g/mol. The lowest BCUT2D eigenvalue weighted by Crippen LogP contribution is -2.45. The van der Waals surface area contributed by atoms with Crippen LogP contribution < -0.4 is 0 Å². The van der Waals surface area contributed by atoms with E-state index in [0.717, 1.165) is 0 Å². The van der Waals surface area contributed by atoms with Gasteiger partial charge in [-0.05, 0) is 31.5 Å². The van der Waals surface area contributed by atoms with Crippen LogP contribution in [0, 0.1) is 0 Å². The molecule has 2 amide bonds. The van der Waals surface area contributed by atoms with Crippen LogP contribution in [0.4, 0.5) is 0 Å². The summed E-state index contributed by atoms with van der Waals surface area (Å²) in [5.74, 6) is -0.383. The number of nitrogens with zero attached hydrogens (tertiary/aromatic N) is 4. The van der Waals surface area contributed by atoms with Gasteiger partial charge in [0.05, 0.1) is 23.4 Å². The number of rotatable bonds is 9. The van der Waals surface area contributed by atoms with Gasteiger partial charge in [-0.15, -0.1) is 0 Å². The van der Waals surface area contributed by atoms with E-state index in [1.807, 2.05) is 13.8 Å². The summed E-state index contributed by atoms with van der Waals surface area (Å²) in [6, 6.07) is 5.25. The third kappa shape index (κ3) is 5.05. The van der Waals surface area contributed by atoms with E-state index in [2.05, 4.69) is 5.10 Å². The molecule has 0 saturated carbocycles. The van der Waals surface area contributed by atoms with Crippen LogP contribution in [-0.2, 0) is 9.53 Å². The molecule has 0 aliphatic heterocycles. The molecule has 0 aromatic carbocycles. The molecule has 8 nitrogen and oxygen atoms in total. The Morgan fingerprint density at radius 2 is 1.93 bits per heavy atom. The van der Waals surface area contributed by atoms with Crippen molar-refractivity contribution < 1.29 is 19.4 Å². The van der Waals surface area contributed by atoms with Gasteiger partial charge in [0.15, 0.2) is 0 Å². The summed E-state index contributed by atoms with van der Waals surface area (Å²) < 4.78 is 7.05. The van der Waals surface area contributed by atoms with Crippen molar-refractivity contribution in [3.05, 3.63) is 36.2 Å². The summed E-state index contributed by atoms with van der Waals surface area (Å²) in [5, 5.41) is 14.5. The van der Waals surface area contributed by atoms with E-state index in [1.165, 1.54) is 9.80 Å². The standard InChI is InChI=1S/C19H28N4O4/c1-5-17(27-6-2)19(26)22(4)13-14(24)12-21(3)18(25)15-8-7-11-23-16(15)9-10-20-23/h7-11,14,17,24H,5-6,12-13H2,1-4H3. The smallest absolute Gasteiger partial charge is 0.255 e. The summed E-state index contributed by atoms with van der Waals surface area (Å²) >= 11 is 0. The lowest BCUT2D eigenvalue weighted by atomic mass is 10.2. The molecule has 148 valence electrons. The van der Waals surface area contributed by atoms with Gasteiger partial charge in [0.1, 0.15) is 6.10 Å². The monoisotopic (exact) mass is 376 g/mol. The summed E-state index contributed by atoms with van der Waals surface area (Å²) in [6.07, 6.45) is 2.59. The topological polar surface area (TPSA) is 87.4 Å². The zero-order chi connectivity index (χ0) is 20.0. The van der Waals surface area contributed by atoms with Crippen LogP contribution in [0.2, 0.25) is 0 Å². The first-order valence-corrected chi connectivity index (χ1v) is 9.11. The van der Waals surface area contributed by atoms with Gasteiger partial charge in [-0.3, -0.25) is 9.59 Å². The highest BCUT2D eigenvalue weighted by atomic mass is 16.5. The Bertz CT molecular complexity index is 776. The highest BCUT2D eigenvalue weighted by Crippen LogP contribution is 2.13. The number of hydrogen-bond acceptors (Lipinski definition) is 5. The minimum atomic E-state index is -0.864. The van der Waals surface area contributed by atoms with Crippen LogP contribution in [0.25, 0.3) is 5.52 Å². The predicted octanol–water partition coefficient (Wildman–Crippen LogP) is 1.04. The van der Waals surface area contributed by atoms with Crippen molar-refractivity contribution in [3.8, 4) is 0 Å². The molecular formula is C19H28N4O4. The van der Waals surface area contributed by atoms with Gasteiger partial charge in [0.2, 0.25) is 0 Å². The molecule has 0 aliphatic rings. The zero-order valence-electron chi connectivity index (χ0n) is 16.3. The molecule has 1 N–H and O–H groups in total. The predicted molar refractivity (Wildman–Crippen MR) is 102 cm³/mol. The van der Waals surface area contributed by atoms with Gasteiger partial charge >= 0.3 is 0 Å². The van der Waals surface area contributed by atoms with Gasteiger partial charge in [-0.25, -0.2) is 4.52 Å². The summed E-state index contributed by atoms with van der Waals surface area (Å²) in [7, 11) is 3.25. The minimum Gasteiger partial charge on any atom is -0.389 e. The maximum atomic E-state index is 12.7. The van der Waals surface area contributed by atoms with Crippen LogP contribution in [0.3, 0.4) is 0 Å². The molecule has 2 aromatic heterocycles. The number of aliphatic hydroxyl groups is 1. The Labute approximate surface area is 159 Å². The Kier molecular flexibility index (Phi) is 7.32. The zero-order valence-corrected chi connectivity index (χ0v) is 16.3. The third-order valence-corrected chi connectivity index (χ3v) is 4.37. The van der Waals surface area contributed by atoms with Gasteiger partial charge in [-0.1, -0.05) is 6.92 Å². The third-order valence-electron chi connectivity index (χ3n) is 4.37. The molecular weight excluding hydrogens is 348 g/mol. The van der Waals surface area contributed by atoms with Gasteiger partial charge in [-0.2, -0.15) is 5.10 Å². The van der Waals surface area contributed by atoms with Crippen molar-refractivity contribution in [2.24, 2.45) is 0 Å². The number of pyridine rings is 1. The second-order valence-electron chi connectivity index (χ2n) is 6.49. The Hall–Kier alpha value is -2.45. The molecule has 2 aromatic rings. The molecule has 0 fully saturated rings. The number of fused-ring (bicyclic) bond motifs is 1. The molecule has 2 heterocycles. The fourth-order valence-corrected chi connectivity index (χ4v) is 3.01. The highest BCUT2D eigenvalue weighted by molar-refractivity contribution is 6.00. The lowest BCUT2D eigenvalue weighted by Gasteiger charge is -2.27. The van der Waals surface area contributed by atoms with Gasteiger partial charge in [0, 0.05) is 40.0 Å². The number of likely N-dealkylation sites (N-methyl/N-ethyl adjacent to an activating group) is 2. The molecule has 0 spiro atoms. The van der Waals surface area contributed by atoms with Crippen molar-refractivity contribution >= 4 is 17.3 Å². The van der Waals surface area contributed by atoms with Gasteiger partial charge < -0.3 is 19.6 Å². The molecule has 8 heteroatoms. The Balaban J connectivity index is 1.96. The van der Waals surface area contributed by atoms with Crippen LogP contribution in [0.15, 0.2) is 30.6 Å². The summed E-state index contributed by atoms with van der Waals surface area (Å²) in [5.41, 5.74) is 1.22. The number of hydrogen-bond donors (Lipinski definition) is 1. The maximum absolute atomic E-state index is 12.7. The number of aromatic nitrogens is 2. The average Bonchev–Trinajstić information content (AvgIpc) is 3.13. The lowest BCUT2D eigenvalue weighted by molar-refractivity contribution is -0.143. The molecule has 2 atom stereocenters. The van der Waals surface area contributed by atoms with E-state index in [4.69, 9.17) is 4.74 Å². The fourth-order valence-electron chi connectivity index (χ4n) is 3.01. The molecule has 2 rings (SSSR count). The second kappa shape index (κ2) is 9.48. The van der Waals surface area contributed by atoms with Crippen LogP contribution in [0.1, 0.15) is 30.6 Å². The van der Waals surface area contributed by atoms with Crippen LogP contribution >= 0.6 is 0 Å². The van der Waals surface area contributed by atoms with Crippen molar-refractivity contribution in [1.29, 1.82) is 0 Å². The molecule has 0 radical (unpaired) electrons. The highest BCUT2D eigenvalue weighted by Gasteiger charge is 2.24. The Morgan fingerprint density at radius 1 is 1.22 bits per heavy atom. The molecule has 0 aliphatic carbocycles. The largest absolute Gasteiger partial charge is 0.389 e. The molecule has 2 unspecified atom stereocenters. The number of carbonyl (C=O) groups is 2. The molecule has 27 heavy (non-hydrogen) atoms. The van der Waals surface area contributed by atoms with Crippen LogP contribution in [0.5, 0.6) is 0 Å².